The molecule has 0 saturated carbocycles. The van der Waals surface area contributed by atoms with E-state index in [1.165, 1.54) is 0 Å². The van der Waals surface area contributed by atoms with Gasteiger partial charge in [-0.3, -0.25) is 4.79 Å². The molecular weight excluding hydrogens is 449 g/mol. The fourth-order valence-electron chi connectivity index (χ4n) is 4.46. The molecule has 29 heavy (non-hydrogen) atoms. The molecule has 2 aliphatic rings. The van der Waals surface area contributed by atoms with E-state index in [1.807, 2.05) is 23.1 Å². The zero-order valence-electron chi connectivity index (χ0n) is 15.4. The van der Waals surface area contributed by atoms with Crippen molar-refractivity contribution in [2.75, 3.05) is 31.1 Å². The lowest BCUT2D eigenvalue weighted by atomic mass is 9.84. The number of hydrogen-bond acceptors (Lipinski definition) is 4. The monoisotopic (exact) mass is 465 g/mol. The van der Waals surface area contributed by atoms with Gasteiger partial charge in [0.15, 0.2) is 5.13 Å². The van der Waals surface area contributed by atoms with Crippen molar-refractivity contribution in [1.82, 2.24) is 9.88 Å². The summed E-state index contributed by atoms with van der Waals surface area (Å²) in [5.74, 6) is 0.801. The van der Waals surface area contributed by atoms with E-state index in [4.69, 9.17) is 39.8 Å². The number of thiazole rings is 1. The number of likely N-dealkylation sites (tertiary alicyclic amines) is 1. The molecule has 4 nitrogen and oxygen atoms in total. The Bertz CT molecular complexity index is 1090. The first-order chi connectivity index (χ1) is 14.0. The Morgan fingerprint density at radius 2 is 1.66 bits per heavy atom. The van der Waals surface area contributed by atoms with Gasteiger partial charge in [0, 0.05) is 36.2 Å². The van der Waals surface area contributed by atoms with Gasteiger partial charge in [0.1, 0.15) is 0 Å². The van der Waals surface area contributed by atoms with E-state index in [-0.39, 0.29) is 5.91 Å². The normalized spacial score (nSPS) is 21.6. The Hall–Kier alpha value is -1.53. The van der Waals surface area contributed by atoms with Gasteiger partial charge in [-0.15, -0.1) is 0 Å². The van der Waals surface area contributed by atoms with Crippen LogP contribution in [0.25, 0.3) is 10.2 Å². The number of carbonyl (C=O) groups excluding carboxylic acids is 1. The summed E-state index contributed by atoms with van der Waals surface area (Å²) in [5.41, 5.74) is 1.47. The van der Waals surface area contributed by atoms with Crippen molar-refractivity contribution in [3.63, 3.8) is 0 Å². The summed E-state index contributed by atoms with van der Waals surface area (Å²) >= 11 is 20.1. The van der Waals surface area contributed by atoms with Gasteiger partial charge in [0.05, 0.1) is 20.8 Å². The molecule has 0 N–H and O–H groups in total. The molecule has 0 radical (unpaired) electrons. The second-order valence-corrected chi connectivity index (χ2v) is 10.1. The Morgan fingerprint density at radius 3 is 2.41 bits per heavy atom. The standard InChI is InChI=1S/C21H18Cl3N3OS/c22-14-1-3-17(24)16(6-14)20(28)26-8-12-5-13(9-26)11-27(10-12)21-25-18-4-2-15(23)7-19(18)29-21/h1-4,6-7,12-13H,5,8-11H2. The van der Waals surface area contributed by atoms with Crippen LogP contribution in [-0.4, -0.2) is 42.0 Å². The fraction of sp³-hybridized carbons (Fsp3) is 0.333. The van der Waals surface area contributed by atoms with Gasteiger partial charge in [0.25, 0.3) is 5.91 Å². The van der Waals surface area contributed by atoms with E-state index in [0.717, 1.165) is 53.0 Å². The number of hydrogen-bond donors (Lipinski definition) is 0. The Morgan fingerprint density at radius 1 is 0.966 bits per heavy atom. The molecule has 2 saturated heterocycles. The van der Waals surface area contributed by atoms with Crippen molar-refractivity contribution in [3.05, 3.63) is 57.0 Å². The van der Waals surface area contributed by atoms with Crippen LogP contribution < -0.4 is 4.90 Å². The maximum atomic E-state index is 13.1. The minimum absolute atomic E-state index is 0.0321. The van der Waals surface area contributed by atoms with Crippen LogP contribution in [0.15, 0.2) is 36.4 Å². The van der Waals surface area contributed by atoms with Crippen molar-refractivity contribution in [2.45, 2.75) is 6.42 Å². The number of amides is 1. The predicted octanol–water partition coefficient (Wildman–Crippen LogP) is 5.86. The highest BCUT2D eigenvalue weighted by molar-refractivity contribution is 7.22. The highest BCUT2D eigenvalue weighted by Crippen LogP contribution is 2.37. The lowest BCUT2D eigenvalue weighted by molar-refractivity contribution is 0.0565. The number of aromatic nitrogens is 1. The molecule has 2 unspecified atom stereocenters. The van der Waals surface area contributed by atoms with Gasteiger partial charge in [-0.25, -0.2) is 4.98 Å². The first kappa shape index (κ1) is 19.4. The first-order valence-corrected chi connectivity index (χ1v) is 11.5. The number of halogens is 3. The zero-order valence-corrected chi connectivity index (χ0v) is 18.5. The Labute approximate surface area is 188 Å². The van der Waals surface area contributed by atoms with Crippen LogP contribution in [0, 0.1) is 11.8 Å². The number of benzene rings is 2. The summed E-state index contributed by atoms with van der Waals surface area (Å²) in [4.78, 5) is 22.2. The van der Waals surface area contributed by atoms with E-state index in [2.05, 4.69) is 4.90 Å². The summed E-state index contributed by atoms with van der Waals surface area (Å²) in [5, 5.41) is 2.74. The van der Waals surface area contributed by atoms with Crippen LogP contribution in [-0.2, 0) is 0 Å². The van der Waals surface area contributed by atoms with Crippen LogP contribution in [0.3, 0.4) is 0 Å². The minimum atomic E-state index is -0.0321. The van der Waals surface area contributed by atoms with E-state index in [9.17, 15) is 4.79 Å². The number of anilines is 1. The number of nitrogens with zero attached hydrogens (tertiary/aromatic N) is 3. The molecule has 2 fully saturated rings. The quantitative estimate of drug-likeness (QED) is 0.475. The topological polar surface area (TPSA) is 36.4 Å². The van der Waals surface area contributed by atoms with Crippen LogP contribution in [0.5, 0.6) is 0 Å². The van der Waals surface area contributed by atoms with Gasteiger partial charge in [-0.2, -0.15) is 0 Å². The summed E-state index contributed by atoms with van der Waals surface area (Å²) in [6, 6.07) is 10.9. The Kier molecular flexibility index (Phi) is 5.11. The number of rotatable bonds is 2. The molecule has 2 bridgehead atoms. The summed E-state index contributed by atoms with van der Waals surface area (Å²) in [7, 11) is 0. The largest absolute Gasteiger partial charge is 0.347 e. The van der Waals surface area contributed by atoms with Gasteiger partial charge in [-0.1, -0.05) is 46.1 Å². The van der Waals surface area contributed by atoms with E-state index >= 15 is 0 Å². The van der Waals surface area contributed by atoms with Crippen molar-refractivity contribution >= 4 is 67.4 Å². The third-order valence-corrected chi connectivity index (χ3v) is 7.52. The second-order valence-electron chi connectivity index (χ2n) is 7.82. The number of fused-ring (bicyclic) bond motifs is 3. The van der Waals surface area contributed by atoms with Crippen LogP contribution in [0.2, 0.25) is 15.1 Å². The van der Waals surface area contributed by atoms with E-state index < -0.39 is 0 Å². The number of piperidine rings is 2. The fourth-order valence-corrected chi connectivity index (χ4v) is 6.09. The van der Waals surface area contributed by atoms with Crippen LogP contribution in [0.4, 0.5) is 5.13 Å². The highest BCUT2D eigenvalue weighted by atomic mass is 35.5. The number of carbonyl (C=O) groups is 1. The maximum Gasteiger partial charge on any atom is 0.255 e. The molecule has 2 atom stereocenters. The first-order valence-electron chi connectivity index (χ1n) is 9.51. The molecule has 1 aromatic heterocycles. The second kappa shape index (κ2) is 7.62. The lowest BCUT2D eigenvalue weighted by Gasteiger charge is -2.45. The molecule has 8 heteroatoms. The summed E-state index contributed by atoms with van der Waals surface area (Å²) in [6.45, 7) is 3.25. The lowest BCUT2D eigenvalue weighted by Crippen LogP contribution is -2.54. The minimum Gasteiger partial charge on any atom is -0.347 e. The third-order valence-electron chi connectivity index (χ3n) is 5.64. The van der Waals surface area contributed by atoms with Gasteiger partial charge in [-0.05, 0) is 54.7 Å². The van der Waals surface area contributed by atoms with Crippen LogP contribution in [0.1, 0.15) is 16.8 Å². The molecule has 5 rings (SSSR count). The molecule has 3 aromatic rings. The molecule has 2 aliphatic heterocycles. The molecule has 1 amide bonds. The average molecular weight is 467 g/mol. The Balaban J connectivity index is 1.34. The predicted molar refractivity (Wildman–Crippen MR) is 121 cm³/mol. The highest BCUT2D eigenvalue weighted by Gasteiger charge is 2.37. The van der Waals surface area contributed by atoms with Gasteiger partial charge < -0.3 is 9.80 Å². The summed E-state index contributed by atoms with van der Waals surface area (Å²) in [6.07, 6.45) is 1.14. The molecule has 0 aliphatic carbocycles. The van der Waals surface area contributed by atoms with Crippen molar-refractivity contribution < 1.29 is 4.79 Å². The third kappa shape index (κ3) is 3.81. The van der Waals surface area contributed by atoms with Gasteiger partial charge in [0.2, 0.25) is 0 Å². The zero-order chi connectivity index (χ0) is 20.1. The van der Waals surface area contributed by atoms with E-state index in [0.29, 0.717) is 27.4 Å². The van der Waals surface area contributed by atoms with Crippen molar-refractivity contribution in [2.24, 2.45) is 11.8 Å². The smallest absolute Gasteiger partial charge is 0.255 e. The molecular formula is C21H18Cl3N3OS. The maximum absolute atomic E-state index is 13.1. The SMILES string of the molecule is O=C(c1cc(Cl)ccc1Cl)N1CC2CC(C1)CN(c1nc3ccc(Cl)cc3s1)C2. The molecule has 2 aromatic carbocycles. The molecule has 150 valence electrons. The van der Waals surface area contributed by atoms with E-state index in [1.54, 1.807) is 29.5 Å². The van der Waals surface area contributed by atoms with Crippen molar-refractivity contribution in [3.8, 4) is 0 Å². The summed E-state index contributed by atoms with van der Waals surface area (Å²) < 4.78 is 1.11. The molecule has 3 heterocycles. The average Bonchev–Trinajstić information content (AvgIpc) is 3.11. The van der Waals surface area contributed by atoms with Crippen LogP contribution >= 0.6 is 46.1 Å². The molecule has 0 spiro atoms. The van der Waals surface area contributed by atoms with Gasteiger partial charge >= 0.3 is 0 Å². The van der Waals surface area contributed by atoms with Crippen molar-refractivity contribution in [1.29, 1.82) is 0 Å².